The predicted octanol–water partition coefficient (Wildman–Crippen LogP) is 6.63. The average Bonchev–Trinajstić information content (AvgIpc) is 3.65. The summed E-state index contributed by atoms with van der Waals surface area (Å²) >= 11 is 0. The molecular formula is C36H37N7O3. The molecule has 0 unspecified atom stereocenters. The van der Waals surface area contributed by atoms with E-state index in [9.17, 15) is 9.59 Å². The van der Waals surface area contributed by atoms with Crippen LogP contribution in [0, 0.1) is 17.8 Å². The van der Waals surface area contributed by atoms with E-state index in [0.29, 0.717) is 48.7 Å². The molecule has 46 heavy (non-hydrogen) atoms. The highest BCUT2D eigenvalue weighted by Crippen LogP contribution is 2.31. The van der Waals surface area contributed by atoms with Gasteiger partial charge < -0.3 is 15.8 Å². The van der Waals surface area contributed by atoms with Crippen LogP contribution >= 0.6 is 0 Å². The van der Waals surface area contributed by atoms with Gasteiger partial charge in [0.05, 0.1) is 6.20 Å². The van der Waals surface area contributed by atoms with Crippen LogP contribution in [0.2, 0.25) is 0 Å². The normalized spacial score (nSPS) is 18.1. The summed E-state index contributed by atoms with van der Waals surface area (Å²) in [5.74, 6) is 1.63. The number of carbonyl (C=O) groups excluding carboxylic acids is 2. The third kappa shape index (κ3) is 7.94. The van der Waals surface area contributed by atoms with E-state index in [1.54, 1.807) is 24.7 Å². The Morgan fingerprint density at radius 2 is 1.65 bits per heavy atom. The van der Waals surface area contributed by atoms with Crippen molar-refractivity contribution in [3.8, 4) is 22.8 Å². The molecule has 1 amide bonds. The lowest BCUT2D eigenvalue weighted by atomic mass is 9.77. The number of amides is 1. The van der Waals surface area contributed by atoms with Gasteiger partial charge >= 0.3 is 0 Å². The van der Waals surface area contributed by atoms with Crippen molar-refractivity contribution in [3.05, 3.63) is 103 Å². The Bertz CT molecular complexity index is 1680. The first-order valence-corrected chi connectivity index (χ1v) is 15.7. The Morgan fingerprint density at radius 3 is 2.30 bits per heavy atom. The number of anilines is 1. The summed E-state index contributed by atoms with van der Waals surface area (Å²) in [7, 11) is 0. The van der Waals surface area contributed by atoms with Gasteiger partial charge in [-0.3, -0.25) is 14.6 Å². The Kier molecular flexibility index (Phi) is 9.94. The van der Waals surface area contributed by atoms with Crippen molar-refractivity contribution >= 4 is 23.2 Å². The fourth-order valence-corrected chi connectivity index (χ4v) is 5.97. The zero-order chi connectivity index (χ0) is 31.7. The summed E-state index contributed by atoms with van der Waals surface area (Å²) in [4.78, 5) is 39.9. The second-order valence-corrected chi connectivity index (χ2v) is 11.8. The first-order valence-electron chi connectivity index (χ1n) is 15.7. The number of Topliss-reactive ketones (excluding diaryl/α,β-unsaturated/α-hetero) is 1. The number of rotatable bonds is 12. The number of hydrogen-bond acceptors (Lipinski definition) is 9. The van der Waals surface area contributed by atoms with Gasteiger partial charge in [0.2, 0.25) is 11.8 Å². The van der Waals surface area contributed by atoms with Gasteiger partial charge in [0.15, 0.2) is 12.5 Å². The van der Waals surface area contributed by atoms with Crippen LogP contribution in [0.4, 0.5) is 5.69 Å². The number of benzene rings is 2. The second kappa shape index (κ2) is 14.8. The van der Waals surface area contributed by atoms with Crippen LogP contribution < -0.4 is 15.8 Å². The van der Waals surface area contributed by atoms with E-state index in [0.717, 1.165) is 47.9 Å². The summed E-state index contributed by atoms with van der Waals surface area (Å²) < 4.78 is 5.75. The topological polar surface area (TPSA) is 144 Å². The molecule has 1 aliphatic carbocycles. The largest absolute Gasteiger partial charge is 0.437 e. The van der Waals surface area contributed by atoms with Crippen molar-refractivity contribution in [1.82, 2.24) is 9.97 Å². The molecule has 234 valence electrons. The van der Waals surface area contributed by atoms with Crippen molar-refractivity contribution in [2.24, 2.45) is 38.7 Å². The fraction of sp³-hybridized carbons (Fsp3) is 0.306. The van der Waals surface area contributed by atoms with Crippen LogP contribution in [-0.4, -0.2) is 40.7 Å². The molecule has 10 heteroatoms. The van der Waals surface area contributed by atoms with Gasteiger partial charge in [-0.25, -0.2) is 9.98 Å². The molecule has 2 aromatic heterocycles. The van der Waals surface area contributed by atoms with Gasteiger partial charge in [-0.2, -0.15) is 5.11 Å². The smallest absolute Gasteiger partial charge is 0.228 e. The fourth-order valence-electron chi connectivity index (χ4n) is 5.97. The van der Waals surface area contributed by atoms with E-state index in [1.165, 1.54) is 0 Å². The highest BCUT2D eigenvalue weighted by molar-refractivity contribution is 6.01. The molecule has 4 aromatic rings. The van der Waals surface area contributed by atoms with E-state index in [-0.39, 0.29) is 24.0 Å². The van der Waals surface area contributed by atoms with Crippen LogP contribution in [0.3, 0.4) is 0 Å². The van der Waals surface area contributed by atoms with Gasteiger partial charge in [0, 0.05) is 53.5 Å². The molecule has 6 rings (SSSR count). The number of azo groups is 1. The number of carbonyl (C=O) groups is 2. The Balaban J connectivity index is 1.13. The van der Waals surface area contributed by atoms with Crippen LogP contribution in [0.25, 0.3) is 11.1 Å². The van der Waals surface area contributed by atoms with Crippen molar-refractivity contribution in [2.75, 3.05) is 18.5 Å². The van der Waals surface area contributed by atoms with E-state index in [1.807, 2.05) is 66.7 Å². The maximum absolute atomic E-state index is 13.7. The van der Waals surface area contributed by atoms with E-state index in [4.69, 9.17) is 10.5 Å². The number of ether oxygens (including phenoxy) is 1. The summed E-state index contributed by atoms with van der Waals surface area (Å²) in [6.07, 6.45) is 9.35. The van der Waals surface area contributed by atoms with E-state index in [2.05, 4.69) is 30.5 Å². The molecule has 1 saturated carbocycles. The molecule has 0 radical (unpaired) electrons. The third-order valence-electron chi connectivity index (χ3n) is 8.68. The third-order valence-corrected chi connectivity index (χ3v) is 8.68. The Morgan fingerprint density at radius 1 is 0.891 bits per heavy atom. The van der Waals surface area contributed by atoms with Gasteiger partial charge in [0.1, 0.15) is 11.5 Å². The number of aromatic nitrogens is 2. The molecular weight excluding hydrogens is 578 g/mol. The maximum Gasteiger partial charge on any atom is 0.228 e. The van der Waals surface area contributed by atoms with Gasteiger partial charge in [0.25, 0.3) is 0 Å². The van der Waals surface area contributed by atoms with Crippen molar-refractivity contribution in [1.29, 1.82) is 0 Å². The molecule has 10 nitrogen and oxygen atoms in total. The maximum atomic E-state index is 13.7. The molecule has 1 atom stereocenters. The quantitative estimate of drug-likeness (QED) is 0.183. The Labute approximate surface area is 268 Å². The average molecular weight is 616 g/mol. The lowest BCUT2D eigenvalue weighted by molar-refractivity contribution is -0.129. The van der Waals surface area contributed by atoms with E-state index >= 15 is 0 Å². The number of nitrogens with zero attached hydrogens (tertiary/aromatic N) is 5. The molecule has 0 spiro atoms. The Hall–Kier alpha value is -5.09. The highest BCUT2D eigenvalue weighted by Gasteiger charge is 2.30. The first kappa shape index (κ1) is 30.9. The summed E-state index contributed by atoms with van der Waals surface area (Å²) in [5, 5.41) is 11.0. The van der Waals surface area contributed by atoms with Gasteiger partial charge in [-0.1, -0.05) is 24.3 Å². The SMILES string of the molecule is NCC1CCC(C(=O)C[C@@H](Cc2ccc(-c3ccc(Oc4cccnc4)nc3)cc2)C(=O)Nc2ccc(C3=NCN=N3)cc2)CC1. The highest BCUT2D eigenvalue weighted by atomic mass is 16.5. The standard InChI is InChI=1S/C36H37N7O3/c37-20-25-5-9-27(10-6-25)33(44)19-30(36(45)42-31-14-11-28(12-15-31)35-40-23-41-43-35)18-24-3-7-26(8-4-24)29-13-16-34(39-21-29)46-32-2-1-17-38-22-32/h1-4,7-8,11-17,21-22,25,27,30H,5-6,9-10,18-20,23,37H2,(H,42,45)/t25?,27?,30-/m1/s1. The molecule has 1 aliphatic heterocycles. The minimum Gasteiger partial charge on any atom is -0.437 e. The molecule has 2 aromatic carbocycles. The summed E-state index contributed by atoms with van der Waals surface area (Å²) in [6.45, 7) is 1.000. The molecule has 1 fully saturated rings. The van der Waals surface area contributed by atoms with Crippen molar-refractivity contribution in [2.45, 2.75) is 38.5 Å². The number of nitrogens with one attached hydrogen (secondary N) is 1. The monoisotopic (exact) mass is 615 g/mol. The van der Waals surface area contributed by atoms with Crippen LogP contribution in [-0.2, 0) is 16.0 Å². The lowest BCUT2D eigenvalue weighted by Gasteiger charge is -2.27. The minimum atomic E-state index is -0.510. The minimum absolute atomic E-state index is 0.0151. The zero-order valence-electron chi connectivity index (χ0n) is 25.6. The second-order valence-electron chi connectivity index (χ2n) is 11.8. The molecule has 0 saturated heterocycles. The first-order chi connectivity index (χ1) is 22.5. The number of ketones is 1. The lowest BCUT2D eigenvalue weighted by Crippen LogP contribution is -2.31. The zero-order valence-corrected chi connectivity index (χ0v) is 25.6. The number of aliphatic imine (C=N–C) groups is 1. The molecule has 3 N–H and O–H groups in total. The molecule has 0 bridgehead atoms. The van der Waals surface area contributed by atoms with Crippen LogP contribution in [0.15, 0.2) is 107 Å². The van der Waals surface area contributed by atoms with E-state index < -0.39 is 5.92 Å². The van der Waals surface area contributed by atoms with Gasteiger partial charge in [-0.15, -0.1) is 5.11 Å². The van der Waals surface area contributed by atoms with Crippen LogP contribution in [0.5, 0.6) is 11.6 Å². The summed E-state index contributed by atoms with van der Waals surface area (Å²) in [6, 6.07) is 22.8. The number of nitrogens with two attached hydrogens (primary N) is 1. The number of hydrogen-bond donors (Lipinski definition) is 2. The number of pyridine rings is 2. The number of amidine groups is 1. The molecule has 3 heterocycles. The predicted molar refractivity (Wildman–Crippen MR) is 177 cm³/mol. The van der Waals surface area contributed by atoms with Crippen LogP contribution in [0.1, 0.15) is 43.2 Å². The molecule has 2 aliphatic rings. The van der Waals surface area contributed by atoms with Gasteiger partial charge in [-0.05, 0) is 98.2 Å². The van der Waals surface area contributed by atoms with Crippen molar-refractivity contribution in [3.63, 3.8) is 0 Å². The summed E-state index contributed by atoms with van der Waals surface area (Å²) in [5.41, 5.74) is 10.3. The van der Waals surface area contributed by atoms with Crippen molar-refractivity contribution < 1.29 is 14.3 Å².